The largest absolute Gasteiger partial charge is 0.384 e. The number of rotatable bonds is 8. The highest BCUT2D eigenvalue weighted by molar-refractivity contribution is 7.85. The fourth-order valence-corrected chi connectivity index (χ4v) is 3.72. The molecule has 1 aromatic rings. The molecule has 0 aromatic heterocycles. The van der Waals surface area contributed by atoms with Crippen LogP contribution >= 0.6 is 0 Å². The quantitative estimate of drug-likeness (QED) is 0.785. The Morgan fingerprint density at radius 3 is 2.50 bits per heavy atom. The maximum absolute atomic E-state index is 12.3. The van der Waals surface area contributed by atoms with Crippen molar-refractivity contribution in [3.8, 4) is 0 Å². The van der Waals surface area contributed by atoms with Crippen molar-refractivity contribution in [2.75, 3.05) is 26.5 Å². The van der Waals surface area contributed by atoms with Gasteiger partial charge in [-0.2, -0.15) is 0 Å². The number of benzene rings is 1. The van der Waals surface area contributed by atoms with Crippen LogP contribution < -0.4 is 5.32 Å². The van der Waals surface area contributed by atoms with Crippen molar-refractivity contribution in [2.45, 2.75) is 24.6 Å². The highest BCUT2D eigenvalue weighted by Crippen LogP contribution is 2.22. The van der Waals surface area contributed by atoms with Crippen molar-refractivity contribution in [2.24, 2.45) is 0 Å². The second-order valence-corrected chi connectivity index (χ2v) is 5.98. The zero-order valence-electron chi connectivity index (χ0n) is 11.4. The van der Waals surface area contributed by atoms with Gasteiger partial charge in [0, 0.05) is 29.7 Å². The van der Waals surface area contributed by atoms with E-state index < -0.39 is 10.8 Å². The molecule has 1 N–H and O–H groups in total. The normalized spacial score (nSPS) is 16.2. The highest BCUT2D eigenvalue weighted by Gasteiger charge is 2.25. The fourth-order valence-electron chi connectivity index (χ4n) is 2.12. The number of ether oxygens (including phenoxy) is 1. The molecule has 3 atom stereocenters. The van der Waals surface area contributed by atoms with E-state index in [9.17, 15) is 4.21 Å². The van der Waals surface area contributed by atoms with Gasteiger partial charge < -0.3 is 10.1 Å². The van der Waals surface area contributed by atoms with E-state index in [0.717, 1.165) is 6.42 Å². The summed E-state index contributed by atoms with van der Waals surface area (Å²) in [7, 11) is 2.69. The van der Waals surface area contributed by atoms with Crippen LogP contribution in [-0.4, -0.2) is 36.0 Å². The molecule has 0 aliphatic carbocycles. The van der Waals surface area contributed by atoms with Gasteiger partial charge >= 0.3 is 0 Å². The van der Waals surface area contributed by atoms with E-state index in [2.05, 4.69) is 24.4 Å². The van der Waals surface area contributed by atoms with E-state index in [-0.39, 0.29) is 11.3 Å². The second kappa shape index (κ2) is 8.40. The lowest BCUT2D eigenvalue weighted by Crippen LogP contribution is -2.34. The Hall–Kier alpha value is -0.710. The van der Waals surface area contributed by atoms with Crippen LogP contribution in [0.25, 0.3) is 0 Å². The first-order chi connectivity index (χ1) is 8.74. The van der Waals surface area contributed by atoms with Gasteiger partial charge in [0.25, 0.3) is 0 Å². The molecule has 4 heteroatoms. The summed E-state index contributed by atoms with van der Waals surface area (Å²) in [6.07, 6.45) is 0.886. The molecule has 18 heavy (non-hydrogen) atoms. The standard InChI is InChI=1S/C14H23NO2S/c1-4-13(18(16)11-10-17-3)14(15-2)12-8-6-5-7-9-12/h5-9,13-15H,4,10-11H2,1-3H3. The van der Waals surface area contributed by atoms with E-state index >= 15 is 0 Å². The Bertz CT molecular complexity index is 356. The third-order valence-electron chi connectivity index (χ3n) is 3.07. The summed E-state index contributed by atoms with van der Waals surface area (Å²) in [6.45, 7) is 2.64. The highest BCUT2D eigenvalue weighted by atomic mass is 32.2. The summed E-state index contributed by atoms with van der Waals surface area (Å²) in [6, 6.07) is 10.3. The van der Waals surface area contributed by atoms with Gasteiger partial charge in [0.05, 0.1) is 11.9 Å². The molecular weight excluding hydrogens is 246 g/mol. The molecule has 0 heterocycles. The first kappa shape index (κ1) is 15.3. The summed E-state index contributed by atoms with van der Waals surface area (Å²) in [5.74, 6) is 0.597. The third-order valence-corrected chi connectivity index (χ3v) is 4.92. The molecule has 3 unspecified atom stereocenters. The summed E-state index contributed by atoms with van der Waals surface area (Å²) >= 11 is 0. The monoisotopic (exact) mass is 269 g/mol. The van der Waals surface area contributed by atoms with Gasteiger partial charge in [0.1, 0.15) is 0 Å². The zero-order valence-corrected chi connectivity index (χ0v) is 12.2. The van der Waals surface area contributed by atoms with Crippen LogP contribution in [0, 0.1) is 0 Å². The zero-order chi connectivity index (χ0) is 13.4. The van der Waals surface area contributed by atoms with Crippen LogP contribution in [0.3, 0.4) is 0 Å². The number of hydrogen-bond donors (Lipinski definition) is 1. The van der Waals surface area contributed by atoms with Crippen molar-refractivity contribution in [3.63, 3.8) is 0 Å². The topological polar surface area (TPSA) is 38.3 Å². The van der Waals surface area contributed by atoms with Crippen molar-refractivity contribution >= 4 is 10.8 Å². The molecule has 0 saturated heterocycles. The van der Waals surface area contributed by atoms with Crippen LogP contribution in [0.5, 0.6) is 0 Å². The predicted octanol–water partition coefficient (Wildman–Crippen LogP) is 2.12. The maximum Gasteiger partial charge on any atom is 0.0577 e. The smallest absolute Gasteiger partial charge is 0.0577 e. The maximum atomic E-state index is 12.3. The fraction of sp³-hybridized carbons (Fsp3) is 0.571. The number of nitrogens with one attached hydrogen (secondary N) is 1. The Balaban J connectivity index is 2.81. The molecular formula is C14H23NO2S. The molecule has 0 aliphatic rings. The lowest BCUT2D eigenvalue weighted by atomic mass is 10.0. The van der Waals surface area contributed by atoms with E-state index in [1.54, 1.807) is 7.11 Å². The van der Waals surface area contributed by atoms with Gasteiger partial charge in [-0.15, -0.1) is 0 Å². The predicted molar refractivity (Wildman–Crippen MR) is 77.2 cm³/mol. The van der Waals surface area contributed by atoms with Gasteiger partial charge in [-0.05, 0) is 19.0 Å². The van der Waals surface area contributed by atoms with E-state index in [1.807, 2.05) is 25.2 Å². The molecule has 3 nitrogen and oxygen atoms in total. The Morgan fingerprint density at radius 2 is 2.00 bits per heavy atom. The van der Waals surface area contributed by atoms with E-state index in [1.165, 1.54) is 5.56 Å². The number of methoxy groups -OCH3 is 1. The summed E-state index contributed by atoms with van der Waals surface area (Å²) < 4.78 is 17.3. The average molecular weight is 269 g/mol. The molecule has 0 radical (unpaired) electrons. The van der Waals surface area contributed by atoms with Crippen molar-refractivity contribution in [1.82, 2.24) is 5.32 Å². The summed E-state index contributed by atoms with van der Waals surface area (Å²) in [5.41, 5.74) is 1.19. The SMILES string of the molecule is CCC(C(NC)c1ccccc1)S(=O)CCOC. The Kier molecular flexibility index (Phi) is 7.16. The minimum Gasteiger partial charge on any atom is -0.384 e. The summed E-state index contributed by atoms with van der Waals surface area (Å²) in [5, 5.41) is 3.41. The Labute approximate surface area is 112 Å². The van der Waals surface area contributed by atoms with Gasteiger partial charge in [-0.25, -0.2) is 0 Å². The Morgan fingerprint density at radius 1 is 1.33 bits per heavy atom. The second-order valence-electron chi connectivity index (χ2n) is 4.20. The van der Waals surface area contributed by atoms with E-state index in [0.29, 0.717) is 12.4 Å². The van der Waals surface area contributed by atoms with Crippen LogP contribution in [0.4, 0.5) is 0 Å². The van der Waals surface area contributed by atoms with Crippen molar-refractivity contribution < 1.29 is 8.95 Å². The molecule has 0 bridgehead atoms. The van der Waals surface area contributed by atoms with Crippen molar-refractivity contribution in [1.29, 1.82) is 0 Å². The first-order valence-corrected chi connectivity index (χ1v) is 7.71. The summed E-state index contributed by atoms with van der Waals surface area (Å²) in [4.78, 5) is 0. The van der Waals surface area contributed by atoms with Crippen LogP contribution in [0.15, 0.2) is 30.3 Å². The van der Waals surface area contributed by atoms with Gasteiger partial charge in [-0.1, -0.05) is 37.3 Å². The third kappa shape index (κ3) is 4.19. The van der Waals surface area contributed by atoms with Crippen LogP contribution in [0.1, 0.15) is 24.9 Å². The van der Waals surface area contributed by atoms with Gasteiger partial charge in [-0.3, -0.25) is 4.21 Å². The molecule has 0 saturated carbocycles. The van der Waals surface area contributed by atoms with E-state index in [4.69, 9.17) is 4.74 Å². The van der Waals surface area contributed by atoms with Crippen LogP contribution in [0.2, 0.25) is 0 Å². The van der Waals surface area contributed by atoms with Crippen LogP contribution in [-0.2, 0) is 15.5 Å². The lowest BCUT2D eigenvalue weighted by molar-refractivity contribution is 0.217. The molecule has 1 aromatic carbocycles. The number of hydrogen-bond acceptors (Lipinski definition) is 3. The molecule has 0 fully saturated rings. The molecule has 102 valence electrons. The minimum atomic E-state index is -0.876. The molecule has 0 spiro atoms. The van der Waals surface area contributed by atoms with Gasteiger partial charge in [0.2, 0.25) is 0 Å². The first-order valence-electron chi connectivity index (χ1n) is 6.32. The average Bonchev–Trinajstić information content (AvgIpc) is 2.42. The molecule has 0 amide bonds. The minimum absolute atomic E-state index is 0.118. The molecule has 0 aliphatic heterocycles. The molecule has 1 rings (SSSR count). The lowest BCUT2D eigenvalue weighted by Gasteiger charge is -2.25. The van der Waals surface area contributed by atoms with Gasteiger partial charge in [0.15, 0.2) is 0 Å². The van der Waals surface area contributed by atoms with Crippen molar-refractivity contribution in [3.05, 3.63) is 35.9 Å².